The minimum absolute atomic E-state index is 0.0474. The number of hydrogen-bond donors (Lipinski definition) is 1. The lowest BCUT2D eigenvalue weighted by Gasteiger charge is -2.33. The highest BCUT2D eigenvalue weighted by Gasteiger charge is 2.52. The van der Waals surface area contributed by atoms with E-state index in [0.29, 0.717) is 12.8 Å². The van der Waals surface area contributed by atoms with E-state index in [0.717, 1.165) is 5.57 Å². The molecule has 0 bridgehead atoms. The number of Topliss-reactive ketones (excluding diaryl/α,β-unsaturated/α-hetero) is 1. The number of rotatable bonds is 1. The molecule has 0 saturated heterocycles. The van der Waals surface area contributed by atoms with E-state index in [9.17, 15) is 9.90 Å². The van der Waals surface area contributed by atoms with Crippen molar-refractivity contribution < 1.29 is 9.90 Å². The molecule has 1 saturated carbocycles. The molecule has 0 radical (unpaired) electrons. The first kappa shape index (κ1) is 9.46. The van der Waals surface area contributed by atoms with Gasteiger partial charge >= 0.3 is 0 Å². The van der Waals surface area contributed by atoms with Crippen LogP contribution in [-0.4, -0.2) is 16.5 Å². The van der Waals surface area contributed by atoms with Crippen LogP contribution in [0.2, 0.25) is 0 Å². The first-order valence-corrected chi connectivity index (χ1v) is 4.20. The van der Waals surface area contributed by atoms with Crippen molar-refractivity contribution in [2.75, 3.05) is 0 Å². The fourth-order valence-corrected chi connectivity index (χ4v) is 1.94. The van der Waals surface area contributed by atoms with Crippen molar-refractivity contribution in [1.82, 2.24) is 0 Å². The number of hydrogen-bond acceptors (Lipinski definition) is 2. The Morgan fingerprint density at radius 1 is 1.50 bits per heavy atom. The second kappa shape index (κ2) is 2.43. The quantitative estimate of drug-likeness (QED) is 0.605. The molecule has 0 aromatic carbocycles. The van der Waals surface area contributed by atoms with Gasteiger partial charge in [0.2, 0.25) is 0 Å². The standard InChI is InChI=1S/C10H16O2/c1-7-5-9(3,8(2)11)10(4,12)6-7/h12H,1,5-6H2,2-4H3. The van der Waals surface area contributed by atoms with Gasteiger partial charge in [-0.1, -0.05) is 12.2 Å². The molecule has 2 nitrogen and oxygen atoms in total. The van der Waals surface area contributed by atoms with Crippen LogP contribution in [0.3, 0.4) is 0 Å². The Morgan fingerprint density at radius 3 is 2.17 bits per heavy atom. The zero-order valence-electron chi connectivity index (χ0n) is 7.98. The Morgan fingerprint density at radius 2 is 2.00 bits per heavy atom. The summed E-state index contributed by atoms with van der Waals surface area (Å²) in [6, 6.07) is 0. The van der Waals surface area contributed by atoms with E-state index in [4.69, 9.17) is 0 Å². The molecule has 1 fully saturated rings. The lowest BCUT2D eigenvalue weighted by Crippen LogP contribution is -2.43. The molecule has 2 unspecified atom stereocenters. The highest BCUT2D eigenvalue weighted by molar-refractivity contribution is 5.84. The normalized spacial score (nSPS) is 41.8. The molecule has 1 N–H and O–H groups in total. The molecule has 0 aliphatic heterocycles. The minimum Gasteiger partial charge on any atom is -0.389 e. The highest BCUT2D eigenvalue weighted by Crippen LogP contribution is 2.48. The maximum Gasteiger partial charge on any atom is 0.138 e. The van der Waals surface area contributed by atoms with Crippen LogP contribution < -0.4 is 0 Å². The first-order chi connectivity index (χ1) is 5.29. The van der Waals surface area contributed by atoms with Gasteiger partial charge in [0.15, 0.2) is 0 Å². The van der Waals surface area contributed by atoms with Crippen molar-refractivity contribution in [3.8, 4) is 0 Å². The number of carbonyl (C=O) groups is 1. The fraction of sp³-hybridized carbons (Fsp3) is 0.700. The topological polar surface area (TPSA) is 37.3 Å². The summed E-state index contributed by atoms with van der Waals surface area (Å²) in [5.41, 5.74) is -0.558. The Kier molecular flexibility index (Phi) is 1.91. The van der Waals surface area contributed by atoms with Gasteiger partial charge < -0.3 is 5.11 Å². The second-order valence-corrected chi connectivity index (χ2v) is 4.27. The third-order valence-electron chi connectivity index (χ3n) is 3.16. The predicted molar refractivity (Wildman–Crippen MR) is 47.8 cm³/mol. The summed E-state index contributed by atoms with van der Waals surface area (Å²) >= 11 is 0. The molecule has 1 aliphatic rings. The molecule has 12 heavy (non-hydrogen) atoms. The molecule has 68 valence electrons. The molecule has 1 rings (SSSR count). The lowest BCUT2D eigenvalue weighted by molar-refractivity contribution is -0.137. The predicted octanol–water partition coefficient (Wildman–Crippen LogP) is 1.68. The van der Waals surface area contributed by atoms with Gasteiger partial charge in [0, 0.05) is 0 Å². The average Bonchev–Trinajstić information content (AvgIpc) is 2.02. The maximum absolute atomic E-state index is 11.3. The van der Waals surface area contributed by atoms with Crippen molar-refractivity contribution in [3.05, 3.63) is 12.2 Å². The van der Waals surface area contributed by atoms with E-state index in [1.807, 2.05) is 6.92 Å². The van der Waals surface area contributed by atoms with Gasteiger partial charge in [-0.2, -0.15) is 0 Å². The van der Waals surface area contributed by atoms with Crippen LogP contribution in [0, 0.1) is 5.41 Å². The SMILES string of the molecule is C=C1CC(C)(O)C(C)(C(C)=O)C1. The summed E-state index contributed by atoms with van der Waals surface area (Å²) in [5.74, 6) is 0.0474. The van der Waals surface area contributed by atoms with Gasteiger partial charge in [-0.15, -0.1) is 0 Å². The van der Waals surface area contributed by atoms with Crippen LogP contribution in [0.4, 0.5) is 0 Å². The summed E-state index contributed by atoms with van der Waals surface area (Å²) in [7, 11) is 0. The van der Waals surface area contributed by atoms with Crippen LogP contribution in [0.5, 0.6) is 0 Å². The molecule has 0 spiro atoms. The van der Waals surface area contributed by atoms with Crippen molar-refractivity contribution in [3.63, 3.8) is 0 Å². The molecule has 0 amide bonds. The average molecular weight is 168 g/mol. The molecule has 1 aliphatic carbocycles. The zero-order chi connectivity index (χ0) is 9.57. The Labute approximate surface area is 73.3 Å². The Bertz CT molecular complexity index is 240. The van der Waals surface area contributed by atoms with Crippen LogP contribution in [-0.2, 0) is 4.79 Å². The highest BCUT2D eigenvalue weighted by atomic mass is 16.3. The molecule has 0 heterocycles. The molecule has 2 atom stereocenters. The van der Waals surface area contributed by atoms with E-state index in [-0.39, 0.29) is 5.78 Å². The van der Waals surface area contributed by atoms with Gasteiger partial charge in [0.05, 0.1) is 11.0 Å². The van der Waals surface area contributed by atoms with Gasteiger partial charge in [0.25, 0.3) is 0 Å². The molecular formula is C10H16O2. The monoisotopic (exact) mass is 168 g/mol. The van der Waals surface area contributed by atoms with E-state index in [1.165, 1.54) is 6.92 Å². The number of carbonyl (C=O) groups excluding carboxylic acids is 1. The summed E-state index contributed by atoms with van der Waals surface area (Å²) in [4.78, 5) is 11.3. The zero-order valence-corrected chi connectivity index (χ0v) is 7.98. The second-order valence-electron chi connectivity index (χ2n) is 4.27. The molecule has 0 aromatic heterocycles. The fourth-order valence-electron chi connectivity index (χ4n) is 1.94. The van der Waals surface area contributed by atoms with Crippen molar-refractivity contribution in [2.45, 2.75) is 39.2 Å². The van der Waals surface area contributed by atoms with E-state index in [2.05, 4.69) is 6.58 Å². The van der Waals surface area contributed by atoms with Crippen LogP contribution >= 0.6 is 0 Å². The minimum atomic E-state index is -0.907. The summed E-state index contributed by atoms with van der Waals surface area (Å²) in [5, 5.41) is 9.97. The maximum atomic E-state index is 11.3. The summed E-state index contributed by atoms with van der Waals surface area (Å²) in [6.45, 7) is 8.88. The summed E-state index contributed by atoms with van der Waals surface area (Å²) < 4.78 is 0. The van der Waals surface area contributed by atoms with Gasteiger partial charge in [-0.25, -0.2) is 0 Å². The van der Waals surface area contributed by atoms with Crippen molar-refractivity contribution in [1.29, 1.82) is 0 Å². The van der Waals surface area contributed by atoms with Gasteiger partial charge in [-0.3, -0.25) is 4.79 Å². The molecule has 0 aromatic rings. The third kappa shape index (κ3) is 1.11. The number of aliphatic hydroxyl groups is 1. The smallest absolute Gasteiger partial charge is 0.138 e. The lowest BCUT2D eigenvalue weighted by atomic mass is 9.74. The largest absolute Gasteiger partial charge is 0.389 e. The van der Waals surface area contributed by atoms with Crippen molar-refractivity contribution >= 4 is 5.78 Å². The van der Waals surface area contributed by atoms with Gasteiger partial charge in [0.1, 0.15) is 5.78 Å². The van der Waals surface area contributed by atoms with Crippen LogP contribution in [0.25, 0.3) is 0 Å². The van der Waals surface area contributed by atoms with Crippen LogP contribution in [0.15, 0.2) is 12.2 Å². The van der Waals surface area contributed by atoms with Crippen molar-refractivity contribution in [2.24, 2.45) is 5.41 Å². The Balaban J connectivity index is 3.05. The van der Waals surface area contributed by atoms with Crippen LogP contribution in [0.1, 0.15) is 33.6 Å². The molecular weight excluding hydrogens is 152 g/mol. The third-order valence-corrected chi connectivity index (χ3v) is 3.16. The van der Waals surface area contributed by atoms with E-state index >= 15 is 0 Å². The number of ketones is 1. The van der Waals surface area contributed by atoms with E-state index < -0.39 is 11.0 Å². The molecule has 2 heteroatoms. The summed E-state index contributed by atoms with van der Waals surface area (Å²) in [6.07, 6.45) is 1.17. The van der Waals surface area contributed by atoms with E-state index in [1.54, 1.807) is 6.92 Å². The first-order valence-electron chi connectivity index (χ1n) is 4.20. The van der Waals surface area contributed by atoms with Gasteiger partial charge in [-0.05, 0) is 33.6 Å². The Hall–Kier alpha value is -0.630.